The highest BCUT2D eigenvalue weighted by Gasteiger charge is 2.21. The van der Waals surface area contributed by atoms with Gasteiger partial charge in [0.1, 0.15) is 0 Å². The third kappa shape index (κ3) is 5.01. The number of carbonyl (C=O) groups is 1. The highest BCUT2D eigenvalue weighted by molar-refractivity contribution is 5.79. The molecule has 2 N–H and O–H groups in total. The van der Waals surface area contributed by atoms with Crippen LogP contribution in [0.3, 0.4) is 0 Å². The van der Waals surface area contributed by atoms with E-state index in [0.29, 0.717) is 26.2 Å². The van der Waals surface area contributed by atoms with E-state index in [-0.39, 0.29) is 11.8 Å². The first-order valence-corrected chi connectivity index (χ1v) is 6.74. The molecule has 1 atom stereocenters. The van der Waals surface area contributed by atoms with Crippen LogP contribution in [0.5, 0.6) is 0 Å². The van der Waals surface area contributed by atoms with Gasteiger partial charge in [-0.15, -0.1) is 0 Å². The molecular weight excluding hydrogens is 240 g/mol. The Morgan fingerprint density at radius 3 is 2.58 bits per heavy atom. The second-order valence-electron chi connectivity index (χ2n) is 4.58. The monoisotopic (exact) mass is 264 g/mol. The summed E-state index contributed by atoms with van der Waals surface area (Å²) in [5, 5.41) is 0. The molecule has 0 heterocycles. The maximum atomic E-state index is 12.4. The summed E-state index contributed by atoms with van der Waals surface area (Å²) in [5.41, 5.74) is 6.79. The number of rotatable bonds is 8. The predicted molar refractivity (Wildman–Crippen MR) is 76.6 cm³/mol. The van der Waals surface area contributed by atoms with Crippen molar-refractivity contribution in [3.05, 3.63) is 35.9 Å². The zero-order valence-corrected chi connectivity index (χ0v) is 11.8. The van der Waals surface area contributed by atoms with E-state index in [1.165, 1.54) is 0 Å². The molecule has 0 aromatic heterocycles. The minimum atomic E-state index is -0.0967. The minimum absolute atomic E-state index is 0.0967. The van der Waals surface area contributed by atoms with Crippen molar-refractivity contribution in [1.29, 1.82) is 0 Å². The summed E-state index contributed by atoms with van der Waals surface area (Å²) in [5.74, 6) is 0.0199. The molecule has 0 fully saturated rings. The molecule has 1 rings (SSSR count). The Balaban J connectivity index is 2.73. The smallest absolute Gasteiger partial charge is 0.227 e. The summed E-state index contributed by atoms with van der Waals surface area (Å²) >= 11 is 0. The molecule has 0 aliphatic rings. The Morgan fingerprint density at radius 2 is 2.05 bits per heavy atom. The first kappa shape index (κ1) is 15.7. The summed E-state index contributed by atoms with van der Waals surface area (Å²) in [6.07, 6.45) is 0.771. The predicted octanol–water partition coefficient (Wildman–Crippen LogP) is 1.65. The second kappa shape index (κ2) is 8.67. The van der Waals surface area contributed by atoms with Crippen molar-refractivity contribution in [3.8, 4) is 0 Å². The van der Waals surface area contributed by atoms with Gasteiger partial charge >= 0.3 is 0 Å². The molecule has 0 saturated carbocycles. The van der Waals surface area contributed by atoms with Gasteiger partial charge in [-0.2, -0.15) is 0 Å². The molecule has 106 valence electrons. The van der Waals surface area contributed by atoms with E-state index in [1.54, 1.807) is 7.11 Å². The summed E-state index contributed by atoms with van der Waals surface area (Å²) in [6, 6.07) is 9.98. The fourth-order valence-electron chi connectivity index (χ4n) is 1.97. The molecule has 0 saturated heterocycles. The van der Waals surface area contributed by atoms with Crippen molar-refractivity contribution in [1.82, 2.24) is 4.90 Å². The lowest BCUT2D eigenvalue weighted by Crippen LogP contribution is -2.40. The third-order valence-corrected chi connectivity index (χ3v) is 3.22. The molecule has 0 aliphatic carbocycles. The summed E-state index contributed by atoms with van der Waals surface area (Å²) in [7, 11) is 1.64. The molecule has 0 radical (unpaired) electrons. The van der Waals surface area contributed by atoms with E-state index >= 15 is 0 Å². The van der Waals surface area contributed by atoms with E-state index in [2.05, 4.69) is 0 Å². The number of nitrogens with zero attached hydrogens (tertiary/aromatic N) is 1. The van der Waals surface area contributed by atoms with Gasteiger partial charge in [0.25, 0.3) is 0 Å². The largest absolute Gasteiger partial charge is 0.383 e. The SMILES string of the molecule is CCC(CN)C(=O)N(CCOC)Cc1ccccc1. The lowest BCUT2D eigenvalue weighted by Gasteiger charge is -2.26. The van der Waals surface area contributed by atoms with Crippen LogP contribution in [-0.2, 0) is 16.1 Å². The van der Waals surface area contributed by atoms with E-state index in [0.717, 1.165) is 12.0 Å². The van der Waals surface area contributed by atoms with Crippen LogP contribution < -0.4 is 5.73 Å². The molecule has 4 nitrogen and oxygen atoms in total. The Morgan fingerprint density at radius 1 is 1.37 bits per heavy atom. The standard InChI is InChI=1S/C15H24N2O2/c1-3-14(11-16)15(18)17(9-10-19-2)12-13-7-5-4-6-8-13/h4-8,14H,3,9-12,16H2,1-2H3. The van der Waals surface area contributed by atoms with Crippen molar-refractivity contribution in [3.63, 3.8) is 0 Å². The molecule has 1 unspecified atom stereocenters. The van der Waals surface area contributed by atoms with Gasteiger partial charge in [0.05, 0.1) is 12.5 Å². The number of hydrogen-bond donors (Lipinski definition) is 1. The highest BCUT2D eigenvalue weighted by atomic mass is 16.5. The number of nitrogens with two attached hydrogens (primary N) is 1. The van der Waals surface area contributed by atoms with E-state index in [1.807, 2.05) is 42.2 Å². The Hall–Kier alpha value is -1.39. The quantitative estimate of drug-likeness (QED) is 0.776. The van der Waals surface area contributed by atoms with Crippen molar-refractivity contribution in [2.24, 2.45) is 11.7 Å². The van der Waals surface area contributed by atoms with E-state index in [9.17, 15) is 4.79 Å². The van der Waals surface area contributed by atoms with Crippen molar-refractivity contribution < 1.29 is 9.53 Å². The van der Waals surface area contributed by atoms with Gasteiger partial charge in [0.15, 0.2) is 0 Å². The van der Waals surface area contributed by atoms with Crippen LogP contribution in [0.4, 0.5) is 0 Å². The normalized spacial score (nSPS) is 12.2. The first-order valence-electron chi connectivity index (χ1n) is 6.74. The van der Waals surface area contributed by atoms with Gasteiger partial charge < -0.3 is 15.4 Å². The number of amides is 1. The average molecular weight is 264 g/mol. The molecule has 0 aliphatic heterocycles. The van der Waals surface area contributed by atoms with Gasteiger partial charge in [0.2, 0.25) is 5.91 Å². The number of hydrogen-bond acceptors (Lipinski definition) is 3. The fraction of sp³-hybridized carbons (Fsp3) is 0.533. The maximum absolute atomic E-state index is 12.4. The number of carbonyl (C=O) groups excluding carboxylic acids is 1. The third-order valence-electron chi connectivity index (χ3n) is 3.22. The van der Waals surface area contributed by atoms with Crippen LogP contribution in [-0.4, -0.2) is 37.6 Å². The molecule has 19 heavy (non-hydrogen) atoms. The molecule has 1 aromatic carbocycles. The average Bonchev–Trinajstić information content (AvgIpc) is 2.45. The van der Waals surface area contributed by atoms with Gasteiger partial charge in [-0.05, 0) is 12.0 Å². The van der Waals surface area contributed by atoms with Crippen LogP contribution >= 0.6 is 0 Å². The number of benzene rings is 1. The van der Waals surface area contributed by atoms with Crippen LogP contribution in [0.2, 0.25) is 0 Å². The molecule has 0 spiro atoms. The molecule has 0 bridgehead atoms. The zero-order valence-electron chi connectivity index (χ0n) is 11.8. The van der Waals surface area contributed by atoms with E-state index in [4.69, 9.17) is 10.5 Å². The molecular formula is C15H24N2O2. The minimum Gasteiger partial charge on any atom is -0.383 e. The Kier molecular flexibility index (Phi) is 7.15. The second-order valence-corrected chi connectivity index (χ2v) is 4.58. The van der Waals surface area contributed by atoms with Crippen LogP contribution in [0.1, 0.15) is 18.9 Å². The molecule has 4 heteroatoms. The van der Waals surface area contributed by atoms with Gasteiger partial charge in [-0.3, -0.25) is 4.79 Å². The van der Waals surface area contributed by atoms with Crippen LogP contribution in [0.15, 0.2) is 30.3 Å². The summed E-state index contributed by atoms with van der Waals surface area (Å²) in [4.78, 5) is 14.2. The van der Waals surface area contributed by atoms with Gasteiger partial charge in [0, 0.05) is 26.7 Å². The maximum Gasteiger partial charge on any atom is 0.227 e. The lowest BCUT2D eigenvalue weighted by molar-refractivity contribution is -0.136. The molecule has 1 amide bonds. The zero-order chi connectivity index (χ0) is 14.1. The first-order chi connectivity index (χ1) is 9.22. The van der Waals surface area contributed by atoms with E-state index < -0.39 is 0 Å². The topological polar surface area (TPSA) is 55.6 Å². The molecule has 1 aromatic rings. The Bertz CT molecular complexity index is 364. The van der Waals surface area contributed by atoms with Gasteiger partial charge in [-0.1, -0.05) is 37.3 Å². The van der Waals surface area contributed by atoms with Crippen LogP contribution in [0.25, 0.3) is 0 Å². The Labute approximate surface area is 115 Å². The van der Waals surface area contributed by atoms with Crippen molar-refractivity contribution in [2.45, 2.75) is 19.9 Å². The van der Waals surface area contributed by atoms with Crippen LogP contribution in [0, 0.1) is 5.92 Å². The highest BCUT2D eigenvalue weighted by Crippen LogP contribution is 2.11. The van der Waals surface area contributed by atoms with Crippen molar-refractivity contribution >= 4 is 5.91 Å². The fourth-order valence-corrected chi connectivity index (χ4v) is 1.97. The summed E-state index contributed by atoms with van der Waals surface area (Å²) in [6.45, 7) is 4.14. The summed E-state index contributed by atoms with van der Waals surface area (Å²) < 4.78 is 5.08. The van der Waals surface area contributed by atoms with Crippen molar-refractivity contribution in [2.75, 3.05) is 26.8 Å². The van der Waals surface area contributed by atoms with Gasteiger partial charge in [-0.25, -0.2) is 0 Å². The number of ether oxygens (including phenoxy) is 1. The lowest BCUT2D eigenvalue weighted by atomic mass is 10.0. The number of methoxy groups -OCH3 is 1.